The summed E-state index contributed by atoms with van der Waals surface area (Å²) in [7, 11) is -4.22. The minimum atomic E-state index is -5.04. The predicted octanol–water partition coefficient (Wildman–Crippen LogP) is 3.34. The van der Waals surface area contributed by atoms with Gasteiger partial charge in [0.15, 0.2) is 5.82 Å². The molecular formula is C22H17F4N5O4S. The van der Waals surface area contributed by atoms with Crippen molar-refractivity contribution in [3.8, 4) is 22.4 Å². The normalized spacial score (nSPS) is 16.5. The van der Waals surface area contributed by atoms with Crippen LogP contribution in [0.2, 0.25) is 0 Å². The van der Waals surface area contributed by atoms with Gasteiger partial charge in [0.25, 0.3) is 5.91 Å². The highest BCUT2D eigenvalue weighted by Crippen LogP contribution is 2.40. The third-order valence-electron chi connectivity index (χ3n) is 5.32. The van der Waals surface area contributed by atoms with Gasteiger partial charge < -0.3 is 0 Å². The molecule has 2 heterocycles. The summed E-state index contributed by atoms with van der Waals surface area (Å²) in [5, 5.41) is 5.76. The molecule has 14 heteroatoms. The Morgan fingerprint density at radius 2 is 1.72 bits per heavy atom. The van der Waals surface area contributed by atoms with E-state index in [4.69, 9.17) is 5.14 Å². The number of amides is 2. The summed E-state index contributed by atoms with van der Waals surface area (Å²) >= 11 is 0. The molecule has 2 amide bonds. The second kappa shape index (κ2) is 8.95. The van der Waals surface area contributed by atoms with Crippen molar-refractivity contribution >= 4 is 27.7 Å². The second-order valence-corrected chi connectivity index (χ2v) is 9.54. The van der Waals surface area contributed by atoms with Gasteiger partial charge in [-0.3, -0.25) is 15.0 Å². The lowest BCUT2D eigenvalue weighted by molar-refractivity contribution is -0.144. The van der Waals surface area contributed by atoms with Crippen LogP contribution in [0.4, 0.5) is 23.4 Å². The number of anilines is 1. The number of hydrogen-bond acceptors (Lipinski definition) is 7. The van der Waals surface area contributed by atoms with E-state index in [2.05, 4.69) is 15.4 Å². The quantitative estimate of drug-likeness (QED) is 0.387. The van der Waals surface area contributed by atoms with E-state index >= 15 is 0 Å². The van der Waals surface area contributed by atoms with E-state index in [0.717, 1.165) is 18.2 Å². The minimum absolute atomic E-state index is 0.00391. The van der Waals surface area contributed by atoms with E-state index in [0.29, 0.717) is 5.01 Å². The number of nitrogens with zero attached hydrogens (tertiary/aromatic N) is 3. The number of hydrazine groups is 1. The molecule has 1 aliphatic rings. The van der Waals surface area contributed by atoms with E-state index in [9.17, 15) is 35.6 Å². The van der Waals surface area contributed by atoms with Crippen molar-refractivity contribution in [3.05, 3.63) is 60.2 Å². The third-order valence-corrected chi connectivity index (χ3v) is 6.23. The molecule has 1 unspecified atom stereocenters. The van der Waals surface area contributed by atoms with Crippen LogP contribution in [0, 0.1) is 11.7 Å². The zero-order chi connectivity index (χ0) is 26.4. The molecule has 0 spiro atoms. The number of alkyl halides is 3. The number of aromatic nitrogens is 2. The predicted molar refractivity (Wildman–Crippen MR) is 118 cm³/mol. The van der Waals surface area contributed by atoms with Gasteiger partial charge in [0, 0.05) is 17.9 Å². The minimum Gasteiger partial charge on any atom is -0.273 e. The summed E-state index contributed by atoms with van der Waals surface area (Å²) in [5.41, 5.74) is 1.84. The van der Waals surface area contributed by atoms with Gasteiger partial charge in [-0.25, -0.2) is 27.9 Å². The standard InChI is InChI=1S/C22H17F4N5O4S/c1-11-9-16(32)31(20(11)33)30-19-17(13-3-2-4-15(10-13)36(27,34)35)18(12-5-7-14(23)8-6-12)28-21(29-19)22(24,25)26/h2-8,10-11H,9H2,1H3,(H2,27,34,35)(H,28,29,30). The Labute approximate surface area is 202 Å². The van der Waals surface area contributed by atoms with Gasteiger partial charge in [0.2, 0.25) is 21.8 Å². The van der Waals surface area contributed by atoms with Crippen LogP contribution in [0.3, 0.4) is 0 Å². The maximum absolute atomic E-state index is 13.8. The van der Waals surface area contributed by atoms with Gasteiger partial charge in [-0.1, -0.05) is 19.1 Å². The average Bonchev–Trinajstić information content (AvgIpc) is 3.04. The van der Waals surface area contributed by atoms with Gasteiger partial charge in [-0.2, -0.15) is 18.2 Å². The van der Waals surface area contributed by atoms with E-state index in [-0.39, 0.29) is 33.7 Å². The fraction of sp³-hybridized carbons (Fsp3) is 0.182. The largest absolute Gasteiger partial charge is 0.451 e. The molecule has 1 aliphatic heterocycles. The SMILES string of the molecule is CC1CC(=O)N(Nc2nc(C(F)(F)F)nc(-c3ccc(F)cc3)c2-c2cccc(S(N)(=O)=O)c2)C1=O. The average molecular weight is 523 g/mol. The highest BCUT2D eigenvalue weighted by Gasteiger charge is 2.40. The van der Waals surface area contributed by atoms with Crippen LogP contribution < -0.4 is 10.6 Å². The molecule has 0 aliphatic carbocycles. The molecule has 36 heavy (non-hydrogen) atoms. The first-order valence-corrected chi connectivity index (χ1v) is 11.8. The lowest BCUT2D eigenvalue weighted by Gasteiger charge is -2.22. The molecule has 1 atom stereocenters. The summed E-state index contributed by atoms with van der Waals surface area (Å²) in [6.07, 6.45) is -5.22. The monoisotopic (exact) mass is 523 g/mol. The van der Waals surface area contributed by atoms with Crippen LogP contribution in [0.1, 0.15) is 19.2 Å². The van der Waals surface area contributed by atoms with Crippen LogP contribution in [-0.2, 0) is 25.8 Å². The highest BCUT2D eigenvalue weighted by molar-refractivity contribution is 7.89. The van der Waals surface area contributed by atoms with Crippen molar-refractivity contribution in [1.82, 2.24) is 15.0 Å². The molecule has 2 aromatic carbocycles. The van der Waals surface area contributed by atoms with Crippen molar-refractivity contribution < 1.29 is 35.6 Å². The van der Waals surface area contributed by atoms with Crippen molar-refractivity contribution in [2.45, 2.75) is 24.4 Å². The zero-order valence-corrected chi connectivity index (χ0v) is 19.2. The molecule has 188 valence electrons. The number of nitrogens with two attached hydrogens (primary N) is 1. The first kappa shape index (κ1) is 25.2. The van der Waals surface area contributed by atoms with Crippen LogP contribution in [-0.4, -0.2) is 35.2 Å². The molecule has 1 aromatic heterocycles. The van der Waals surface area contributed by atoms with Crippen LogP contribution in [0.25, 0.3) is 22.4 Å². The smallest absolute Gasteiger partial charge is 0.273 e. The molecule has 0 radical (unpaired) electrons. The number of imide groups is 1. The Bertz CT molecular complexity index is 1480. The molecule has 3 aromatic rings. The number of rotatable bonds is 5. The number of benzene rings is 2. The van der Waals surface area contributed by atoms with Crippen LogP contribution in [0.5, 0.6) is 0 Å². The number of halogens is 4. The molecule has 3 N–H and O–H groups in total. The number of sulfonamides is 1. The summed E-state index contributed by atoms with van der Waals surface area (Å²) in [5.74, 6) is -4.99. The molecule has 1 saturated heterocycles. The van der Waals surface area contributed by atoms with E-state index in [1.165, 1.54) is 37.3 Å². The molecule has 4 rings (SSSR count). The molecule has 9 nitrogen and oxygen atoms in total. The van der Waals surface area contributed by atoms with E-state index < -0.39 is 51.4 Å². The summed E-state index contributed by atoms with van der Waals surface area (Å²) in [4.78, 5) is 31.6. The molecular weight excluding hydrogens is 506 g/mol. The maximum Gasteiger partial charge on any atom is 0.451 e. The number of hydrogen-bond donors (Lipinski definition) is 2. The molecule has 1 fully saturated rings. The van der Waals surface area contributed by atoms with Crippen LogP contribution in [0.15, 0.2) is 53.4 Å². The maximum atomic E-state index is 13.8. The summed E-state index contributed by atoms with van der Waals surface area (Å²) in [6.45, 7) is 1.48. The third kappa shape index (κ3) is 4.90. The van der Waals surface area contributed by atoms with Crippen molar-refractivity contribution in [1.29, 1.82) is 0 Å². The van der Waals surface area contributed by atoms with Crippen molar-refractivity contribution in [3.63, 3.8) is 0 Å². The van der Waals surface area contributed by atoms with Gasteiger partial charge in [0.1, 0.15) is 5.82 Å². The number of carbonyl (C=O) groups is 2. The van der Waals surface area contributed by atoms with Gasteiger partial charge in [0.05, 0.1) is 16.2 Å². The molecule has 0 saturated carbocycles. The van der Waals surface area contributed by atoms with Crippen molar-refractivity contribution in [2.75, 3.05) is 5.43 Å². The van der Waals surface area contributed by atoms with Gasteiger partial charge >= 0.3 is 6.18 Å². The second-order valence-electron chi connectivity index (χ2n) is 7.98. The lowest BCUT2D eigenvalue weighted by Crippen LogP contribution is -2.36. The molecule has 0 bridgehead atoms. The number of carbonyl (C=O) groups excluding carboxylic acids is 2. The van der Waals surface area contributed by atoms with E-state index in [1.807, 2.05) is 0 Å². The Kier molecular flexibility index (Phi) is 6.26. The summed E-state index contributed by atoms with van der Waals surface area (Å²) < 4.78 is 78.7. The van der Waals surface area contributed by atoms with Gasteiger partial charge in [-0.05, 0) is 42.0 Å². The van der Waals surface area contributed by atoms with E-state index in [1.54, 1.807) is 0 Å². The number of nitrogens with one attached hydrogen (secondary N) is 1. The Morgan fingerprint density at radius 3 is 2.28 bits per heavy atom. The van der Waals surface area contributed by atoms with Gasteiger partial charge in [-0.15, -0.1) is 0 Å². The fourth-order valence-corrected chi connectivity index (χ4v) is 4.15. The first-order chi connectivity index (χ1) is 16.8. The lowest BCUT2D eigenvalue weighted by atomic mass is 9.99. The summed E-state index contributed by atoms with van der Waals surface area (Å²) in [6, 6.07) is 9.23. The topological polar surface area (TPSA) is 135 Å². The Hall–Kier alpha value is -3.91. The Balaban J connectivity index is 2.04. The Morgan fingerprint density at radius 1 is 1.06 bits per heavy atom. The first-order valence-electron chi connectivity index (χ1n) is 10.3. The zero-order valence-electron chi connectivity index (χ0n) is 18.4. The van der Waals surface area contributed by atoms with Crippen molar-refractivity contribution in [2.24, 2.45) is 11.1 Å². The highest BCUT2D eigenvalue weighted by atomic mass is 32.2. The van der Waals surface area contributed by atoms with Crippen LogP contribution >= 0.6 is 0 Å². The fourth-order valence-electron chi connectivity index (χ4n) is 3.59. The number of primary sulfonamides is 1.